The lowest BCUT2D eigenvalue weighted by atomic mass is 9.98. The van der Waals surface area contributed by atoms with Crippen molar-refractivity contribution in [2.45, 2.75) is 31.7 Å². The van der Waals surface area contributed by atoms with Gasteiger partial charge in [-0.15, -0.1) is 0 Å². The van der Waals surface area contributed by atoms with Crippen LogP contribution in [0.5, 0.6) is 5.75 Å². The van der Waals surface area contributed by atoms with Gasteiger partial charge < -0.3 is 10.1 Å². The zero-order valence-corrected chi connectivity index (χ0v) is 22.6. The summed E-state index contributed by atoms with van der Waals surface area (Å²) in [6, 6.07) is 30.5. The van der Waals surface area contributed by atoms with E-state index in [9.17, 15) is 13.2 Å². The Morgan fingerprint density at radius 3 is 1.97 bits per heavy atom. The molecule has 6 nitrogen and oxygen atoms in total. The van der Waals surface area contributed by atoms with Gasteiger partial charge in [0.15, 0.2) is 0 Å². The fraction of sp³-hybridized carbons (Fsp3) is 0.194. The lowest BCUT2D eigenvalue weighted by Gasteiger charge is -2.27. The summed E-state index contributed by atoms with van der Waals surface area (Å²) in [5, 5.41) is 3.07. The van der Waals surface area contributed by atoms with Gasteiger partial charge in [0.2, 0.25) is 5.91 Å². The SMILES string of the molecule is CCOc1ccccc1N(CC(=O)NC(c1ccccc1)c1ccc(C)cc1)S(=O)(=O)c1ccc(C)cc1. The first kappa shape index (κ1) is 26.9. The number of ether oxygens (including phenoxy) is 1. The third kappa shape index (κ3) is 6.23. The molecule has 196 valence electrons. The normalized spacial score (nSPS) is 12.0. The first-order valence-electron chi connectivity index (χ1n) is 12.5. The van der Waals surface area contributed by atoms with E-state index in [0.717, 1.165) is 26.6 Å². The number of amides is 1. The van der Waals surface area contributed by atoms with Crippen LogP contribution in [-0.2, 0) is 14.8 Å². The summed E-state index contributed by atoms with van der Waals surface area (Å²) in [5.74, 6) is -0.0574. The summed E-state index contributed by atoms with van der Waals surface area (Å²) in [5.41, 5.74) is 4.14. The molecule has 0 spiro atoms. The van der Waals surface area contributed by atoms with Crippen LogP contribution in [-0.4, -0.2) is 27.5 Å². The summed E-state index contributed by atoms with van der Waals surface area (Å²) in [6.07, 6.45) is 0. The highest BCUT2D eigenvalue weighted by atomic mass is 32.2. The van der Waals surface area contributed by atoms with Gasteiger partial charge in [-0.3, -0.25) is 9.10 Å². The van der Waals surface area contributed by atoms with Crippen molar-refractivity contribution >= 4 is 21.6 Å². The summed E-state index contributed by atoms with van der Waals surface area (Å²) in [7, 11) is -4.08. The third-order valence-corrected chi connectivity index (χ3v) is 7.95. The smallest absolute Gasteiger partial charge is 0.264 e. The summed E-state index contributed by atoms with van der Waals surface area (Å²) in [4.78, 5) is 13.7. The zero-order chi connectivity index (χ0) is 27.1. The lowest BCUT2D eigenvalue weighted by molar-refractivity contribution is -0.120. The lowest BCUT2D eigenvalue weighted by Crippen LogP contribution is -2.42. The molecule has 0 saturated carbocycles. The van der Waals surface area contributed by atoms with Gasteiger partial charge in [-0.05, 0) is 56.2 Å². The average molecular weight is 529 g/mol. The second-order valence-corrected chi connectivity index (χ2v) is 10.9. The van der Waals surface area contributed by atoms with Crippen LogP contribution in [0.4, 0.5) is 5.69 Å². The Labute approximate surface area is 225 Å². The topological polar surface area (TPSA) is 75.7 Å². The van der Waals surface area contributed by atoms with Crippen molar-refractivity contribution in [3.8, 4) is 5.75 Å². The molecule has 1 atom stereocenters. The molecule has 1 amide bonds. The number of carbonyl (C=O) groups excluding carboxylic acids is 1. The van der Waals surface area contributed by atoms with Crippen LogP contribution < -0.4 is 14.4 Å². The van der Waals surface area contributed by atoms with Crippen molar-refractivity contribution in [1.82, 2.24) is 5.32 Å². The highest BCUT2D eigenvalue weighted by Gasteiger charge is 2.30. The number of para-hydroxylation sites is 2. The van der Waals surface area contributed by atoms with Crippen LogP contribution >= 0.6 is 0 Å². The van der Waals surface area contributed by atoms with E-state index in [1.807, 2.05) is 75.4 Å². The van der Waals surface area contributed by atoms with E-state index < -0.39 is 28.5 Å². The fourth-order valence-electron chi connectivity index (χ4n) is 4.18. The molecule has 0 bridgehead atoms. The minimum atomic E-state index is -4.08. The first-order valence-corrected chi connectivity index (χ1v) is 14.0. The van der Waals surface area contributed by atoms with Crippen LogP contribution in [0.2, 0.25) is 0 Å². The number of hydrogen-bond acceptors (Lipinski definition) is 4. The van der Waals surface area contributed by atoms with Gasteiger partial charge in [0, 0.05) is 0 Å². The third-order valence-electron chi connectivity index (χ3n) is 6.18. The van der Waals surface area contributed by atoms with Crippen LogP contribution in [0.15, 0.2) is 108 Å². The van der Waals surface area contributed by atoms with E-state index in [0.29, 0.717) is 18.0 Å². The molecular weight excluding hydrogens is 496 g/mol. The highest BCUT2D eigenvalue weighted by molar-refractivity contribution is 7.92. The Morgan fingerprint density at radius 2 is 1.34 bits per heavy atom. The quantitative estimate of drug-likeness (QED) is 0.282. The number of benzene rings is 4. The molecule has 4 aromatic rings. The molecule has 0 heterocycles. The summed E-state index contributed by atoms with van der Waals surface area (Å²) >= 11 is 0. The van der Waals surface area contributed by atoms with Crippen molar-refractivity contribution in [2.75, 3.05) is 17.5 Å². The predicted octanol–water partition coefficient (Wildman–Crippen LogP) is 5.80. The largest absolute Gasteiger partial charge is 0.492 e. The molecule has 0 saturated heterocycles. The van der Waals surface area contributed by atoms with Crippen LogP contribution in [0.25, 0.3) is 0 Å². The minimum Gasteiger partial charge on any atom is -0.492 e. The molecule has 38 heavy (non-hydrogen) atoms. The maximum absolute atomic E-state index is 13.9. The fourth-order valence-corrected chi connectivity index (χ4v) is 5.61. The number of carbonyl (C=O) groups is 1. The van der Waals surface area contributed by atoms with Crippen molar-refractivity contribution < 1.29 is 17.9 Å². The minimum absolute atomic E-state index is 0.0975. The number of nitrogens with one attached hydrogen (secondary N) is 1. The van der Waals surface area contributed by atoms with Gasteiger partial charge in [-0.1, -0.05) is 90.0 Å². The second-order valence-electron chi connectivity index (χ2n) is 9.05. The van der Waals surface area contributed by atoms with Crippen LogP contribution in [0.3, 0.4) is 0 Å². The number of sulfonamides is 1. The molecule has 1 N–H and O–H groups in total. The van der Waals surface area contributed by atoms with E-state index in [1.165, 1.54) is 0 Å². The van der Waals surface area contributed by atoms with Crippen LogP contribution in [0, 0.1) is 13.8 Å². The molecule has 0 aromatic heterocycles. The first-order chi connectivity index (χ1) is 18.3. The van der Waals surface area contributed by atoms with Gasteiger partial charge in [0.05, 0.1) is 23.2 Å². The van der Waals surface area contributed by atoms with E-state index in [-0.39, 0.29) is 4.90 Å². The molecule has 4 rings (SSSR count). The molecular formula is C31H32N2O4S. The number of aryl methyl sites for hydroxylation is 2. The molecule has 7 heteroatoms. The van der Waals surface area contributed by atoms with Crippen LogP contribution in [0.1, 0.15) is 35.2 Å². The van der Waals surface area contributed by atoms with Crippen molar-refractivity contribution in [3.05, 3.63) is 125 Å². The molecule has 1 unspecified atom stereocenters. The zero-order valence-electron chi connectivity index (χ0n) is 21.8. The van der Waals surface area contributed by atoms with E-state index in [2.05, 4.69) is 5.32 Å². The highest BCUT2D eigenvalue weighted by Crippen LogP contribution is 2.33. The standard InChI is InChI=1S/C31H32N2O4S/c1-4-37-29-13-9-8-12-28(29)33(38(35,36)27-20-16-24(3)17-21-27)22-30(34)32-31(25-10-6-5-7-11-25)26-18-14-23(2)15-19-26/h5-21,31H,4,22H2,1-3H3,(H,32,34). The molecule has 0 aliphatic carbocycles. The monoisotopic (exact) mass is 528 g/mol. The Balaban J connectivity index is 1.72. The molecule has 4 aromatic carbocycles. The molecule has 0 fully saturated rings. The predicted molar refractivity (Wildman–Crippen MR) is 151 cm³/mol. The van der Waals surface area contributed by atoms with E-state index in [1.54, 1.807) is 48.5 Å². The maximum Gasteiger partial charge on any atom is 0.264 e. The average Bonchev–Trinajstić information content (AvgIpc) is 2.92. The molecule has 0 aliphatic rings. The van der Waals surface area contributed by atoms with Crippen molar-refractivity contribution in [2.24, 2.45) is 0 Å². The number of anilines is 1. The Bertz CT molecular complexity index is 1470. The maximum atomic E-state index is 13.9. The van der Waals surface area contributed by atoms with Gasteiger partial charge in [0.1, 0.15) is 12.3 Å². The second kappa shape index (κ2) is 12.0. The van der Waals surface area contributed by atoms with E-state index in [4.69, 9.17) is 4.74 Å². The van der Waals surface area contributed by atoms with E-state index >= 15 is 0 Å². The van der Waals surface area contributed by atoms with Crippen molar-refractivity contribution in [1.29, 1.82) is 0 Å². The van der Waals surface area contributed by atoms with Gasteiger partial charge in [0.25, 0.3) is 10.0 Å². The van der Waals surface area contributed by atoms with Crippen molar-refractivity contribution in [3.63, 3.8) is 0 Å². The Hall–Kier alpha value is -4.10. The van der Waals surface area contributed by atoms with Gasteiger partial charge >= 0.3 is 0 Å². The number of hydrogen-bond donors (Lipinski definition) is 1. The molecule has 0 radical (unpaired) electrons. The van der Waals surface area contributed by atoms with Gasteiger partial charge in [-0.25, -0.2) is 8.42 Å². The molecule has 0 aliphatic heterocycles. The Morgan fingerprint density at radius 1 is 0.789 bits per heavy atom. The number of nitrogens with zero attached hydrogens (tertiary/aromatic N) is 1. The summed E-state index contributed by atoms with van der Waals surface area (Å²) in [6.45, 7) is 5.65. The summed E-state index contributed by atoms with van der Waals surface area (Å²) < 4.78 is 34.6. The number of rotatable bonds is 10. The van der Waals surface area contributed by atoms with Gasteiger partial charge in [-0.2, -0.15) is 0 Å². The Kier molecular flexibility index (Phi) is 8.48.